The lowest BCUT2D eigenvalue weighted by molar-refractivity contribution is 0.127. The highest BCUT2D eigenvalue weighted by atomic mass is 32.2. The highest BCUT2D eigenvalue weighted by Gasteiger charge is 2.23. The SMILES string of the molecule is Nc1cc(F)cc(CS(=O)(=O)CC2CCCO2)c1. The van der Waals surface area contributed by atoms with E-state index in [-0.39, 0.29) is 23.3 Å². The molecule has 1 aliphatic heterocycles. The van der Waals surface area contributed by atoms with Gasteiger partial charge in [-0.05, 0) is 36.6 Å². The van der Waals surface area contributed by atoms with E-state index in [0.29, 0.717) is 12.2 Å². The van der Waals surface area contributed by atoms with Crippen LogP contribution in [0.4, 0.5) is 10.1 Å². The molecule has 0 aromatic heterocycles. The Morgan fingerprint density at radius 2 is 2.17 bits per heavy atom. The van der Waals surface area contributed by atoms with Crippen molar-refractivity contribution in [2.45, 2.75) is 24.7 Å². The zero-order chi connectivity index (χ0) is 13.2. The van der Waals surface area contributed by atoms with Crippen molar-refractivity contribution in [3.8, 4) is 0 Å². The average molecular weight is 273 g/mol. The van der Waals surface area contributed by atoms with E-state index in [4.69, 9.17) is 10.5 Å². The van der Waals surface area contributed by atoms with Crippen molar-refractivity contribution >= 4 is 15.5 Å². The van der Waals surface area contributed by atoms with Gasteiger partial charge in [0.05, 0.1) is 17.6 Å². The molecule has 0 aliphatic carbocycles. The molecular formula is C12H16FNO3S. The molecule has 18 heavy (non-hydrogen) atoms. The Balaban J connectivity index is 2.06. The first-order valence-corrected chi connectivity index (χ1v) is 7.64. The van der Waals surface area contributed by atoms with Crippen LogP contribution < -0.4 is 5.73 Å². The second kappa shape index (κ2) is 5.24. The summed E-state index contributed by atoms with van der Waals surface area (Å²) in [6.45, 7) is 0.618. The van der Waals surface area contributed by atoms with Gasteiger partial charge in [-0.2, -0.15) is 0 Å². The van der Waals surface area contributed by atoms with Gasteiger partial charge in [-0.1, -0.05) is 0 Å². The molecule has 0 radical (unpaired) electrons. The Kier molecular flexibility index (Phi) is 3.87. The van der Waals surface area contributed by atoms with Crippen LogP contribution in [0.25, 0.3) is 0 Å². The molecule has 100 valence electrons. The number of benzene rings is 1. The number of rotatable bonds is 4. The first-order chi connectivity index (χ1) is 8.44. The average Bonchev–Trinajstić information content (AvgIpc) is 2.66. The minimum Gasteiger partial charge on any atom is -0.399 e. The van der Waals surface area contributed by atoms with Crippen LogP contribution in [-0.4, -0.2) is 26.9 Å². The quantitative estimate of drug-likeness (QED) is 0.844. The fourth-order valence-corrected chi connectivity index (χ4v) is 3.75. The van der Waals surface area contributed by atoms with Crippen molar-refractivity contribution < 1.29 is 17.5 Å². The van der Waals surface area contributed by atoms with E-state index < -0.39 is 15.7 Å². The molecule has 0 spiro atoms. The van der Waals surface area contributed by atoms with Crippen molar-refractivity contribution in [1.82, 2.24) is 0 Å². The van der Waals surface area contributed by atoms with Crippen LogP contribution in [0.3, 0.4) is 0 Å². The lowest BCUT2D eigenvalue weighted by atomic mass is 10.2. The molecule has 1 aliphatic rings. The number of anilines is 1. The largest absolute Gasteiger partial charge is 0.399 e. The Morgan fingerprint density at radius 3 is 2.78 bits per heavy atom. The molecule has 1 heterocycles. The predicted octanol–water partition coefficient (Wildman–Crippen LogP) is 1.50. The van der Waals surface area contributed by atoms with Gasteiger partial charge in [-0.3, -0.25) is 0 Å². The highest BCUT2D eigenvalue weighted by Crippen LogP contribution is 2.18. The molecule has 1 fully saturated rings. The summed E-state index contributed by atoms with van der Waals surface area (Å²) in [6.07, 6.45) is 1.44. The lowest BCUT2D eigenvalue weighted by Gasteiger charge is -2.10. The highest BCUT2D eigenvalue weighted by molar-refractivity contribution is 7.90. The molecule has 1 atom stereocenters. The van der Waals surface area contributed by atoms with E-state index in [9.17, 15) is 12.8 Å². The van der Waals surface area contributed by atoms with Crippen LogP contribution in [0.2, 0.25) is 0 Å². The molecule has 1 aromatic carbocycles. The Hall–Kier alpha value is -1.14. The van der Waals surface area contributed by atoms with Crippen LogP contribution in [0.15, 0.2) is 18.2 Å². The molecule has 0 saturated carbocycles. The fourth-order valence-electron chi connectivity index (χ4n) is 2.13. The Morgan fingerprint density at radius 1 is 1.39 bits per heavy atom. The van der Waals surface area contributed by atoms with E-state index in [1.54, 1.807) is 0 Å². The van der Waals surface area contributed by atoms with E-state index in [0.717, 1.165) is 18.9 Å². The van der Waals surface area contributed by atoms with Crippen LogP contribution in [0.5, 0.6) is 0 Å². The monoisotopic (exact) mass is 273 g/mol. The molecular weight excluding hydrogens is 257 g/mol. The summed E-state index contributed by atoms with van der Waals surface area (Å²) in [4.78, 5) is 0. The summed E-state index contributed by atoms with van der Waals surface area (Å²) in [5.41, 5.74) is 6.10. The molecule has 0 amide bonds. The van der Waals surface area contributed by atoms with Gasteiger partial charge in [0.25, 0.3) is 0 Å². The number of nitrogen functional groups attached to an aromatic ring is 1. The van der Waals surface area contributed by atoms with Gasteiger partial charge in [-0.25, -0.2) is 12.8 Å². The van der Waals surface area contributed by atoms with Crippen molar-refractivity contribution in [3.05, 3.63) is 29.6 Å². The molecule has 1 saturated heterocycles. The van der Waals surface area contributed by atoms with Gasteiger partial charge in [0.15, 0.2) is 9.84 Å². The number of halogens is 1. The minimum atomic E-state index is -3.30. The smallest absolute Gasteiger partial charge is 0.156 e. The van der Waals surface area contributed by atoms with Crippen LogP contribution >= 0.6 is 0 Å². The van der Waals surface area contributed by atoms with Crippen molar-refractivity contribution in [1.29, 1.82) is 0 Å². The lowest BCUT2D eigenvalue weighted by Crippen LogP contribution is -2.21. The summed E-state index contributed by atoms with van der Waals surface area (Å²) in [7, 11) is -3.30. The first kappa shape index (κ1) is 13.3. The standard InChI is InChI=1S/C12H16FNO3S/c13-10-4-9(5-11(14)6-10)7-18(15,16)8-12-2-1-3-17-12/h4-6,12H,1-3,7-8,14H2. The molecule has 1 aromatic rings. The van der Waals surface area contributed by atoms with Gasteiger partial charge >= 0.3 is 0 Å². The second-order valence-electron chi connectivity index (χ2n) is 4.58. The maximum absolute atomic E-state index is 13.1. The molecule has 1 unspecified atom stereocenters. The maximum Gasteiger partial charge on any atom is 0.156 e. The van der Waals surface area contributed by atoms with E-state index in [1.807, 2.05) is 0 Å². The fraction of sp³-hybridized carbons (Fsp3) is 0.500. The van der Waals surface area contributed by atoms with Gasteiger partial charge < -0.3 is 10.5 Å². The number of ether oxygens (including phenoxy) is 1. The van der Waals surface area contributed by atoms with Gasteiger partial charge in [0, 0.05) is 12.3 Å². The summed E-state index contributed by atoms with van der Waals surface area (Å²) in [5, 5.41) is 0. The van der Waals surface area contributed by atoms with Gasteiger partial charge in [0.1, 0.15) is 5.82 Å². The number of hydrogen-bond donors (Lipinski definition) is 1. The third-order valence-corrected chi connectivity index (χ3v) is 4.48. The number of sulfone groups is 1. The van der Waals surface area contributed by atoms with Crippen LogP contribution in [0.1, 0.15) is 18.4 Å². The number of nitrogens with two attached hydrogens (primary N) is 1. The van der Waals surface area contributed by atoms with Crippen molar-refractivity contribution in [2.75, 3.05) is 18.1 Å². The van der Waals surface area contributed by atoms with Crippen molar-refractivity contribution in [3.63, 3.8) is 0 Å². The molecule has 2 rings (SSSR count). The maximum atomic E-state index is 13.1. The number of hydrogen-bond acceptors (Lipinski definition) is 4. The normalized spacial score (nSPS) is 20.2. The third kappa shape index (κ3) is 3.68. The zero-order valence-corrected chi connectivity index (χ0v) is 10.7. The first-order valence-electron chi connectivity index (χ1n) is 5.81. The van der Waals surface area contributed by atoms with E-state index in [1.165, 1.54) is 12.1 Å². The summed E-state index contributed by atoms with van der Waals surface area (Å²) >= 11 is 0. The van der Waals surface area contributed by atoms with Crippen LogP contribution in [-0.2, 0) is 20.3 Å². The van der Waals surface area contributed by atoms with E-state index >= 15 is 0 Å². The summed E-state index contributed by atoms with van der Waals surface area (Å²) < 4.78 is 42.3. The molecule has 6 heteroatoms. The van der Waals surface area contributed by atoms with Crippen LogP contribution in [0, 0.1) is 5.82 Å². The molecule has 0 bridgehead atoms. The van der Waals surface area contributed by atoms with Gasteiger partial charge in [-0.15, -0.1) is 0 Å². The minimum absolute atomic E-state index is 0.0105. The zero-order valence-electron chi connectivity index (χ0n) is 9.93. The third-order valence-electron chi connectivity index (χ3n) is 2.83. The summed E-state index contributed by atoms with van der Waals surface area (Å²) in [6, 6.07) is 3.84. The topological polar surface area (TPSA) is 69.4 Å². The second-order valence-corrected chi connectivity index (χ2v) is 6.69. The van der Waals surface area contributed by atoms with Gasteiger partial charge in [0.2, 0.25) is 0 Å². The Labute approximate surface area is 106 Å². The predicted molar refractivity (Wildman–Crippen MR) is 67.3 cm³/mol. The molecule has 4 nitrogen and oxygen atoms in total. The Bertz CT molecular complexity index is 504. The molecule has 2 N–H and O–H groups in total. The summed E-state index contributed by atoms with van der Waals surface area (Å²) in [5.74, 6) is -0.726. The van der Waals surface area contributed by atoms with Crippen molar-refractivity contribution in [2.24, 2.45) is 0 Å². The van der Waals surface area contributed by atoms with E-state index in [2.05, 4.69) is 0 Å².